The highest BCUT2D eigenvalue weighted by molar-refractivity contribution is 5.56. The summed E-state index contributed by atoms with van der Waals surface area (Å²) in [6.45, 7) is 5.98. The topological polar surface area (TPSA) is 55.4 Å². The SMILES string of the molecule is C=CCc1cc(OC)c(OC(C)Cc2cc(OC)c3c(c2)OCO3)c(OC)c1. The van der Waals surface area contributed by atoms with Gasteiger partial charge in [0.2, 0.25) is 18.3 Å². The van der Waals surface area contributed by atoms with E-state index in [0.29, 0.717) is 40.9 Å². The zero-order valence-electron chi connectivity index (χ0n) is 16.7. The fourth-order valence-corrected chi connectivity index (χ4v) is 3.21. The Hall–Kier alpha value is -3.02. The standard InChI is InChI=1S/C22H26O6/c1-6-7-15-9-18(24-4)22(19(10-15)25-5)28-14(2)8-16-11-17(23-3)21-20(12-16)26-13-27-21/h6,9-12,14H,1,7-8,13H2,2-5H3. The summed E-state index contributed by atoms with van der Waals surface area (Å²) in [6.07, 6.45) is 3.07. The van der Waals surface area contributed by atoms with Gasteiger partial charge in [-0.2, -0.15) is 0 Å². The van der Waals surface area contributed by atoms with Crippen LogP contribution in [0, 0.1) is 0 Å². The number of hydrogen-bond donors (Lipinski definition) is 0. The lowest BCUT2D eigenvalue weighted by atomic mass is 10.1. The molecular formula is C22H26O6. The molecule has 1 aliphatic rings. The molecule has 0 aromatic heterocycles. The van der Waals surface area contributed by atoms with Crippen molar-refractivity contribution in [3.63, 3.8) is 0 Å². The van der Waals surface area contributed by atoms with Crippen molar-refractivity contribution in [1.82, 2.24) is 0 Å². The molecule has 0 saturated heterocycles. The molecule has 3 rings (SSSR count). The molecule has 0 saturated carbocycles. The van der Waals surface area contributed by atoms with E-state index in [-0.39, 0.29) is 12.9 Å². The Bertz CT molecular complexity index is 820. The maximum Gasteiger partial charge on any atom is 0.231 e. The summed E-state index contributed by atoms with van der Waals surface area (Å²) in [7, 11) is 4.85. The monoisotopic (exact) mass is 386 g/mol. The third-order valence-electron chi connectivity index (χ3n) is 4.46. The molecule has 0 fully saturated rings. The van der Waals surface area contributed by atoms with Gasteiger partial charge in [0.25, 0.3) is 0 Å². The molecule has 28 heavy (non-hydrogen) atoms. The largest absolute Gasteiger partial charge is 0.493 e. The van der Waals surface area contributed by atoms with Crippen molar-refractivity contribution in [2.24, 2.45) is 0 Å². The van der Waals surface area contributed by atoms with E-state index in [1.165, 1.54) is 0 Å². The van der Waals surface area contributed by atoms with Crippen LogP contribution in [0.2, 0.25) is 0 Å². The van der Waals surface area contributed by atoms with E-state index in [9.17, 15) is 0 Å². The van der Waals surface area contributed by atoms with Crippen LogP contribution in [-0.4, -0.2) is 34.2 Å². The van der Waals surface area contributed by atoms with Crippen LogP contribution in [0.4, 0.5) is 0 Å². The normalized spacial score (nSPS) is 13.0. The predicted octanol–water partition coefficient (Wildman–Crippen LogP) is 4.18. The Labute approximate surface area is 165 Å². The van der Waals surface area contributed by atoms with E-state index in [1.807, 2.05) is 37.3 Å². The molecule has 0 N–H and O–H groups in total. The van der Waals surface area contributed by atoms with Gasteiger partial charge >= 0.3 is 0 Å². The minimum Gasteiger partial charge on any atom is -0.493 e. The second kappa shape index (κ2) is 8.78. The summed E-state index contributed by atoms with van der Waals surface area (Å²) in [5.41, 5.74) is 2.07. The van der Waals surface area contributed by atoms with Gasteiger partial charge in [-0.15, -0.1) is 6.58 Å². The van der Waals surface area contributed by atoms with Crippen molar-refractivity contribution >= 4 is 0 Å². The number of rotatable bonds is 9. The van der Waals surface area contributed by atoms with Gasteiger partial charge in [0.15, 0.2) is 23.0 Å². The minimum absolute atomic E-state index is 0.141. The lowest BCUT2D eigenvalue weighted by molar-refractivity contribution is 0.171. The highest BCUT2D eigenvalue weighted by Crippen LogP contribution is 2.43. The van der Waals surface area contributed by atoms with Crippen molar-refractivity contribution in [3.8, 4) is 34.5 Å². The molecule has 6 nitrogen and oxygen atoms in total. The van der Waals surface area contributed by atoms with E-state index >= 15 is 0 Å². The predicted molar refractivity (Wildman–Crippen MR) is 106 cm³/mol. The van der Waals surface area contributed by atoms with Gasteiger partial charge in [-0.25, -0.2) is 0 Å². The summed E-state index contributed by atoms with van der Waals surface area (Å²) in [4.78, 5) is 0. The minimum atomic E-state index is -0.141. The van der Waals surface area contributed by atoms with Gasteiger partial charge in [-0.1, -0.05) is 6.08 Å². The van der Waals surface area contributed by atoms with Gasteiger partial charge < -0.3 is 28.4 Å². The summed E-state index contributed by atoms with van der Waals surface area (Å²) in [6, 6.07) is 7.77. The Kier molecular flexibility index (Phi) is 6.19. The smallest absolute Gasteiger partial charge is 0.231 e. The molecule has 1 atom stereocenters. The molecule has 6 heteroatoms. The Morgan fingerprint density at radius 2 is 1.61 bits per heavy atom. The van der Waals surface area contributed by atoms with Crippen molar-refractivity contribution in [1.29, 1.82) is 0 Å². The van der Waals surface area contributed by atoms with Gasteiger partial charge in [-0.05, 0) is 48.7 Å². The third-order valence-corrected chi connectivity index (χ3v) is 4.46. The molecule has 1 heterocycles. The van der Waals surface area contributed by atoms with Gasteiger partial charge in [0, 0.05) is 6.42 Å². The highest BCUT2D eigenvalue weighted by Gasteiger charge is 2.22. The van der Waals surface area contributed by atoms with Crippen LogP contribution in [0.25, 0.3) is 0 Å². The zero-order chi connectivity index (χ0) is 20.1. The summed E-state index contributed by atoms with van der Waals surface area (Å²) < 4.78 is 33.6. The molecule has 150 valence electrons. The Morgan fingerprint density at radius 3 is 2.21 bits per heavy atom. The molecule has 0 bridgehead atoms. The van der Waals surface area contributed by atoms with Crippen LogP contribution >= 0.6 is 0 Å². The van der Waals surface area contributed by atoms with Crippen LogP contribution in [0.3, 0.4) is 0 Å². The zero-order valence-corrected chi connectivity index (χ0v) is 16.7. The summed E-state index contributed by atoms with van der Waals surface area (Å²) >= 11 is 0. The third kappa shape index (κ3) is 4.11. The first-order valence-electron chi connectivity index (χ1n) is 9.08. The van der Waals surface area contributed by atoms with Crippen LogP contribution < -0.4 is 28.4 Å². The lowest BCUT2D eigenvalue weighted by Gasteiger charge is -2.20. The van der Waals surface area contributed by atoms with Crippen LogP contribution in [0.1, 0.15) is 18.1 Å². The van der Waals surface area contributed by atoms with Gasteiger partial charge in [-0.3, -0.25) is 0 Å². The lowest BCUT2D eigenvalue weighted by Crippen LogP contribution is -2.16. The van der Waals surface area contributed by atoms with E-state index < -0.39 is 0 Å². The van der Waals surface area contributed by atoms with Crippen molar-refractivity contribution in [3.05, 3.63) is 48.0 Å². The first kappa shape index (κ1) is 19.7. The van der Waals surface area contributed by atoms with E-state index in [4.69, 9.17) is 28.4 Å². The fraction of sp³-hybridized carbons (Fsp3) is 0.364. The van der Waals surface area contributed by atoms with Gasteiger partial charge in [0.1, 0.15) is 6.10 Å². The van der Waals surface area contributed by atoms with Crippen molar-refractivity contribution < 1.29 is 28.4 Å². The molecule has 0 amide bonds. The average molecular weight is 386 g/mol. The number of allylic oxidation sites excluding steroid dienone is 1. The molecule has 1 aliphatic heterocycles. The maximum atomic E-state index is 6.20. The number of ether oxygens (including phenoxy) is 6. The van der Waals surface area contributed by atoms with Crippen LogP contribution in [0.5, 0.6) is 34.5 Å². The van der Waals surface area contributed by atoms with Crippen LogP contribution in [0.15, 0.2) is 36.9 Å². The highest BCUT2D eigenvalue weighted by atomic mass is 16.7. The molecule has 0 spiro atoms. The molecule has 1 unspecified atom stereocenters. The maximum absolute atomic E-state index is 6.20. The molecule has 2 aromatic rings. The second-order valence-electron chi connectivity index (χ2n) is 6.49. The molecule has 0 aliphatic carbocycles. The molecular weight excluding hydrogens is 360 g/mol. The molecule has 2 aromatic carbocycles. The summed E-state index contributed by atoms with van der Waals surface area (Å²) in [5.74, 6) is 3.82. The Balaban J connectivity index is 1.81. The van der Waals surface area contributed by atoms with Crippen molar-refractivity contribution in [2.75, 3.05) is 28.1 Å². The first-order chi connectivity index (χ1) is 13.6. The quantitative estimate of drug-likeness (QED) is 0.603. The fourth-order valence-electron chi connectivity index (χ4n) is 3.21. The first-order valence-corrected chi connectivity index (χ1v) is 9.08. The van der Waals surface area contributed by atoms with E-state index in [0.717, 1.165) is 17.5 Å². The molecule has 0 radical (unpaired) electrons. The number of benzene rings is 2. The number of hydrogen-bond acceptors (Lipinski definition) is 6. The van der Waals surface area contributed by atoms with Crippen LogP contribution in [-0.2, 0) is 12.8 Å². The number of methoxy groups -OCH3 is 3. The second-order valence-corrected chi connectivity index (χ2v) is 6.49. The van der Waals surface area contributed by atoms with Gasteiger partial charge in [0.05, 0.1) is 21.3 Å². The van der Waals surface area contributed by atoms with E-state index in [1.54, 1.807) is 21.3 Å². The summed E-state index contributed by atoms with van der Waals surface area (Å²) in [5, 5.41) is 0. The van der Waals surface area contributed by atoms with Crippen molar-refractivity contribution in [2.45, 2.75) is 25.9 Å². The Morgan fingerprint density at radius 1 is 0.964 bits per heavy atom. The number of fused-ring (bicyclic) bond motifs is 1. The van der Waals surface area contributed by atoms with E-state index in [2.05, 4.69) is 6.58 Å². The average Bonchev–Trinajstić information content (AvgIpc) is 3.16.